The van der Waals surface area contributed by atoms with Gasteiger partial charge in [0.2, 0.25) is 15.9 Å². The zero-order valence-electron chi connectivity index (χ0n) is 16.3. The molecule has 0 radical (unpaired) electrons. The molecule has 4 saturated heterocycles. The quantitative estimate of drug-likeness (QED) is 0.641. The maximum Gasteiger partial charge on any atom is 0.319 e. The Hall–Kier alpha value is -1.35. The molecule has 1 atom stereocenters. The standard InChI is InChI=1S/C18H30N4O4S/c1-19-10-7-18(15(19)23)14-22(27(2,25)26)13-17(18)5-11-21(12-6-17)16(24)20-8-3-4-9-20/h3-14H2,1-2H3. The van der Waals surface area contributed by atoms with Crippen LogP contribution >= 0.6 is 0 Å². The van der Waals surface area contributed by atoms with Crippen molar-refractivity contribution in [3.63, 3.8) is 0 Å². The van der Waals surface area contributed by atoms with Crippen LogP contribution < -0.4 is 0 Å². The fourth-order valence-corrected chi connectivity index (χ4v) is 6.63. The second-order valence-electron chi connectivity index (χ2n) is 8.83. The van der Waals surface area contributed by atoms with Gasteiger partial charge >= 0.3 is 6.03 Å². The van der Waals surface area contributed by atoms with Gasteiger partial charge in [-0.1, -0.05) is 0 Å². The van der Waals surface area contributed by atoms with Gasteiger partial charge in [0.15, 0.2) is 0 Å². The van der Waals surface area contributed by atoms with Gasteiger partial charge in [-0.2, -0.15) is 0 Å². The normalized spacial score (nSPS) is 31.6. The Labute approximate surface area is 161 Å². The van der Waals surface area contributed by atoms with Crippen LogP contribution in [0.3, 0.4) is 0 Å². The molecule has 8 nitrogen and oxygen atoms in total. The lowest BCUT2D eigenvalue weighted by Gasteiger charge is -2.47. The molecule has 0 aromatic rings. The van der Waals surface area contributed by atoms with E-state index in [-0.39, 0.29) is 23.9 Å². The maximum absolute atomic E-state index is 13.1. The largest absolute Gasteiger partial charge is 0.345 e. The third-order valence-electron chi connectivity index (χ3n) is 7.41. The Morgan fingerprint density at radius 2 is 1.52 bits per heavy atom. The molecule has 0 saturated carbocycles. The van der Waals surface area contributed by atoms with Crippen molar-refractivity contribution < 1.29 is 18.0 Å². The number of carbonyl (C=O) groups excluding carboxylic acids is 2. The van der Waals surface area contributed by atoms with Crippen molar-refractivity contribution in [3.05, 3.63) is 0 Å². The third kappa shape index (κ3) is 2.85. The van der Waals surface area contributed by atoms with Crippen LogP contribution in [0, 0.1) is 10.8 Å². The van der Waals surface area contributed by atoms with Crippen LogP contribution in [0.25, 0.3) is 0 Å². The zero-order valence-corrected chi connectivity index (χ0v) is 17.1. The minimum absolute atomic E-state index is 0.0768. The van der Waals surface area contributed by atoms with Crippen molar-refractivity contribution in [1.29, 1.82) is 0 Å². The number of hydrogen-bond donors (Lipinski definition) is 0. The minimum Gasteiger partial charge on any atom is -0.345 e. The second kappa shape index (κ2) is 6.34. The van der Waals surface area contributed by atoms with Gasteiger partial charge in [0.25, 0.3) is 0 Å². The summed E-state index contributed by atoms with van der Waals surface area (Å²) in [6.07, 6.45) is 5.45. The Morgan fingerprint density at radius 3 is 2.04 bits per heavy atom. The SMILES string of the molecule is CN1CCC2(CN(S(C)(=O)=O)CC23CCN(C(=O)N2CCCC2)CC3)C1=O. The van der Waals surface area contributed by atoms with Crippen molar-refractivity contribution in [2.45, 2.75) is 32.1 Å². The van der Waals surface area contributed by atoms with Crippen molar-refractivity contribution >= 4 is 22.0 Å². The van der Waals surface area contributed by atoms with Gasteiger partial charge in [0, 0.05) is 58.3 Å². The van der Waals surface area contributed by atoms with Gasteiger partial charge in [0.05, 0.1) is 11.7 Å². The number of amides is 3. The summed E-state index contributed by atoms with van der Waals surface area (Å²) < 4.78 is 26.0. The summed E-state index contributed by atoms with van der Waals surface area (Å²) >= 11 is 0. The van der Waals surface area contributed by atoms with E-state index < -0.39 is 15.4 Å². The summed E-state index contributed by atoms with van der Waals surface area (Å²) in [6.45, 7) is 4.23. The molecule has 4 rings (SSSR count). The highest BCUT2D eigenvalue weighted by atomic mass is 32.2. The van der Waals surface area contributed by atoms with E-state index in [2.05, 4.69) is 0 Å². The molecule has 4 fully saturated rings. The van der Waals surface area contributed by atoms with Crippen LogP contribution in [0.15, 0.2) is 0 Å². The van der Waals surface area contributed by atoms with Crippen molar-refractivity contribution in [2.75, 3.05) is 59.1 Å². The molecular formula is C18H30N4O4S. The summed E-state index contributed by atoms with van der Waals surface area (Å²) in [4.78, 5) is 31.4. The van der Waals surface area contributed by atoms with Crippen LogP contribution in [0.5, 0.6) is 0 Å². The first-order chi connectivity index (χ1) is 12.7. The number of urea groups is 1. The summed E-state index contributed by atoms with van der Waals surface area (Å²) in [5.41, 5.74) is -0.993. The first-order valence-electron chi connectivity index (χ1n) is 9.93. The summed E-state index contributed by atoms with van der Waals surface area (Å²) in [7, 11) is -1.55. The monoisotopic (exact) mass is 398 g/mol. The molecule has 3 amide bonds. The predicted octanol–water partition coefficient (Wildman–Crippen LogP) is 0.408. The molecule has 0 aliphatic carbocycles. The van der Waals surface area contributed by atoms with Crippen molar-refractivity contribution in [1.82, 2.24) is 19.0 Å². The van der Waals surface area contributed by atoms with Gasteiger partial charge in [-0.05, 0) is 32.1 Å². The molecule has 27 heavy (non-hydrogen) atoms. The van der Waals surface area contributed by atoms with Crippen molar-refractivity contribution in [2.24, 2.45) is 10.8 Å². The van der Waals surface area contributed by atoms with Gasteiger partial charge in [0.1, 0.15) is 0 Å². The van der Waals surface area contributed by atoms with E-state index in [0.29, 0.717) is 45.4 Å². The molecule has 1 unspecified atom stereocenters. The number of rotatable bonds is 1. The zero-order chi connectivity index (χ0) is 19.4. The highest BCUT2D eigenvalue weighted by Crippen LogP contribution is 2.58. The third-order valence-corrected chi connectivity index (χ3v) is 8.60. The second-order valence-corrected chi connectivity index (χ2v) is 10.8. The molecule has 9 heteroatoms. The molecule has 4 aliphatic heterocycles. The van der Waals surface area contributed by atoms with Crippen LogP contribution in [-0.2, 0) is 14.8 Å². The Kier molecular flexibility index (Phi) is 4.46. The number of fused-ring (bicyclic) bond motifs is 1. The van der Waals surface area contributed by atoms with Gasteiger partial charge in [-0.3, -0.25) is 4.79 Å². The van der Waals surface area contributed by atoms with Gasteiger partial charge in [-0.25, -0.2) is 17.5 Å². The van der Waals surface area contributed by atoms with Crippen LogP contribution in [-0.4, -0.2) is 98.5 Å². The minimum atomic E-state index is -3.35. The Bertz CT molecular complexity index is 740. The maximum atomic E-state index is 13.1. The van der Waals surface area contributed by atoms with E-state index in [0.717, 1.165) is 25.9 Å². The molecule has 2 spiro atoms. The molecular weight excluding hydrogens is 368 g/mol. The number of likely N-dealkylation sites (tertiary alicyclic amines) is 3. The molecule has 0 bridgehead atoms. The average Bonchev–Trinajstić information content (AvgIpc) is 3.32. The molecule has 0 N–H and O–H groups in total. The first kappa shape index (κ1) is 19.0. The van der Waals surface area contributed by atoms with Gasteiger partial charge in [-0.15, -0.1) is 0 Å². The summed E-state index contributed by atoms with van der Waals surface area (Å²) in [5, 5.41) is 0. The highest BCUT2D eigenvalue weighted by molar-refractivity contribution is 7.88. The molecule has 0 aromatic heterocycles. The topological polar surface area (TPSA) is 81.2 Å². The van der Waals surface area contributed by atoms with E-state index in [1.807, 2.05) is 9.80 Å². The van der Waals surface area contributed by atoms with Gasteiger partial charge < -0.3 is 14.7 Å². The average molecular weight is 399 g/mol. The number of carbonyl (C=O) groups is 2. The fourth-order valence-electron chi connectivity index (χ4n) is 5.69. The number of nitrogens with zero attached hydrogens (tertiary/aromatic N) is 4. The lowest BCUT2D eigenvalue weighted by Crippen LogP contribution is -2.55. The molecule has 4 heterocycles. The number of piperidine rings is 1. The Morgan fingerprint density at radius 1 is 0.926 bits per heavy atom. The van der Waals surface area contributed by atoms with E-state index >= 15 is 0 Å². The lowest BCUT2D eigenvalue weighted by molar-refractivity contribution is -0.141. The molecule has 4 aliphatic rings. The van der Waals surface area contributed by atoms with Crippen molar-refractivity contribution in [3.8, 4) is 0 Å². The van der Waals surface area contributed by atoms with Crippen LogP contribution in [0.1, 0.15) is 32.1 Å². The van der Waals surface area contributed by atoms with E-state index in [9.17, 15) is 18.0 Å². The lowest BCUT2D eigenvalue weighted by atomic mass is 9.60. The summed E-state index contributed by atoms with van der Waals surface area (Å²) in [5.74, 6) is 0.0768. The molecule has 0 aromatic carbocycles. The highest BCUT2D eigenvalue weighted by Gasteiger charge is 2.66. The van der Waals surface area contributed by atoms with E-state index in [4.69, 9.17) is 0 Å². The van der Waals surface area contributed by atoms with Crippen LogP contribution in [0.4, 0.5) is 4.79 Å². The molecule has 152 valence electrons. The van der Waals surface area contributed by atoms with E-state index in [1.54, 1.807) is 11.9 Å². The Balaban J connectivity index is 1.57. The van der Waals surface area contributed by atoms with Crippen LogP contribution in [0.2, 0.25) is 0 Å². The van der Waals surface area contributed by atoms with E-state index in [1.165, 1.54) is 10.6 Å². The smallest absolute Gasteiger partial charge is 0.319 e. The first-order valence-corrected chi connectivity index (χ1v) is 11.8. The predicted molar refractivity (Wildman–Crippen MR) is 101 cm³/mol. The number of hydrogen-bond acceptors (Lipinski definition) is 4. The number of sulfonamides is 1. The fraction of sp³-hybridized carbons (Fsp3) is 0.889. The summed E-state index contributed by atoms with van der Waals surface area (Å²) in [6, 6.07) is 0.101.